The zero-order chi connectivity index (χ0) is 16.7. The molecule has 1 amide bonds. The number of methoxy groups -OCH3 is 1. The SMILES string of the molecule is COc1ccccc1OCC(=O)NN=C(C)c1ccc(C)cc1. The minimum Gasteiger partial charge on any atom is -0.493 e. The Hall–Kier alpha value is -2.82. The molecule has 5 nitrogen and oxygen atoms in total. The van der Waals surface area contributed by atoms with Gasteiger partial charge in [-0.25, -0.2) is 5.43 Å². The van der Waals surface area contributed by atoms with Gasteiger partial charge in [0, 0.05) is 0 Å². The molecule has 2 rings (SSSR count). The van der Waals surface area contributed by atoms with Gasteiger partial charge in [-0.05, 0) is 31.5 Å². The van der Waals surface area contributed by atoms with Crippen molar-refractivity contribution in [2.75, 3.05) is 13.7 Å². The van der Waals surface area contributed by atoms with E-state index in [2.05, 4.69) is 10.5 Å². The fraction of sp³-hybridized carbons (Fsp3) is 0.222. The van der Waals surface area contributed by atoms with E-state index in [1.807, 2.05) is 50.2 Å². The van der Waals surface area contributed by atoms with Crippen molar-refractivity contribution in [3.63, 3.8) is 0 Å². The van der Waals surface area contributed by atoms with E-state index < -0.39 is 0 Å². The molecule has 0 radical (unpaired) electrons. The molecule has 1 N–H and O–H groups in total. The lowest BCUT2D eigenvalue weighted by Crippen LogP contribution is -2.25. The highest BCUT2D eigenvalue weighted by Crippen LogP contribution is 2.25. The summed E-state index contributed by atoms with van der Waals surface area (Å²) < 4.78 is 10.6. The Morgan fingerprint density at radius 2 is 1.74 bits per heavy atom. The molecule has 0 saturated carbocycles. The van der Waals surface area contributed by atoms with Crippen LogP contribution in [0.15, 0.2) is 53.6 Å². The molecule has 120 valence electrons. The van der Waals surface area contributed by atoms with Crippen LogP contribution in [0.2, 0.25) is 0 Å². The molecule has 0 atom stereocenters. The van der Waals surface area contributed by atoms with Crippen LogP contribution in [0.4, 0.5) is 0 Å². The number of nitrogens with one attached hydrogen (secondary N) is 1. The van der Waals surface area contributed by atoms with E-state index in [1.54, 1.807) is 19.2 Å². The number of hydrogen-bond acceptors (Lipinski definition) is 4. The second-order valence-electron chi connectivity index (χ2n) is 5.04. The zero-order valence-corrected chi connectivity index (χ0v) is 13.5. The first kappa shape index (κ1) is 16.5. The highest BCUT2D eigenvalue weighted by atomic mass is 16.5. The van der Waals surface area contributed by atoms with E-state index in [9.17, 15) is 4.79 Å². The summed E-state index contributed by atoms with van der Waals surface area (Å²) >= 11 is 0. The van der Waals surface area contributed by atoms with Gasteiger partial charge in [-0.15, -0.1) is 0 Å². The average Bonchev–Trinajstić information content (AvgIpc) is 2.58. The van der Waals surface area contributed by atoms with Crippen molar-refractivity contribution >= 4 is 11.6 Å². The van der Waals surface area contributed by atoms with Crippen molar-refractivity contribution in [1.82, 2.24) is 5.43 Å². The molecule has 2 aromatic rings. The second kappa shape index (κ2) is 7.98. The van der Waals surface area contributed by atoms with Crippen LogP contribution in [-0.4, -0.2) is 25.3 Å². The Balaban J connectivity index is 1.89. The molecule has 0 aliphatic carbocycles. The first-order valence-electron chi connectivity index (χ1n) is 7.26. The van der Waals surface area contributed by atoms with Gasteiger partial charge in [0.25, 0.3) is 5.91 Å². The number of benzene rings is 2. The van der Waals surface area contributed by atoms with Gasteiger partial charge in [0.2, 0.25) is 0 Å². The van der Waals surface area contributed by atoms with Gasteiger partial charge in [-0.2, -0.15) is 5.10 Å². The summed E-state index contributed by atoms with van der Waals surface area (Å²) in [4.78, 5) is 11.8. The number of hydrogen-bond donors (Lipinski definition) is 1. The summed E-state index contributed by atoms with van der Waals surface area (Å²) in [7, 11) is 1.55. The molecule has 0 bridgehead atoms. The van der Waals surface area contributed by atoms with Crippen molar-refractivity contribution in [1.29, 1.82) is 0 Å². The smallest absolute Gasteiger partial charge is 0.277 e. The Bertz CT molecular complexity index is 694. The molecule has 23 heavy (non-hydrogen) atoms. The largest absolute Gasteiger partial charge is 0.493 e. The van der Waals surface area contributed by atoms with Gasteiger partial charge in [0.15, 0.2) is 18.1 Å². The number of ether oxygens (including phenoxy) is 2. The molecule has 2 aromatic carbocycles. The van der Waals surface area contributed by atoms with Crippen molar-refractivity contribution < 1.29 is 14.3 Å². The van der Waals surface area contributed by atoms with E-state index in [-0.39, 0.29) is 12.5 Å². The Morgan fingerprint density at radius 1 is 1.09 bits per heavy atom. The third-order valence-corrected chi connectivity index (χ3v) is 3.25. The van der Waals surface area contributed by atoms with Crippen molar-refractivity contribution in [3.05, 3.63) is 59.7 Å². The third kappa shape index (κ3) is 4.85. The molecule has 0 fully saturated rings. The van der Waals surface area contributed by atoms with Gasteiger partial charge >= 0.3 is 0 Å². The van der Waals surface area contributed by atoms with Crippen LogP contribution in [0.3, 0.4) is 0 Å². The number of carbonyl (C=O) groups is 1. The minimum absolute atomic E-state index is 0.134. The first-order chi connectivity index (χ1) is 11.1. The summed E-state index contributed by atoms with van der Waals surface area (Å²) in [6.45, 7) is 3.73. The number of carbonyl (C=O) groups excluding carboxylic acids is 1. The highest BCUT2D eigenvalue weighted by Gasteiger charge is 2.06. The van der Waals surface area contributed by atoms with Crippen LogP contribution in [0.1, 0.15) is 18.1 Å². The number of amides is 1. The normalized spacial score (nSPS) is 11.0. The molecule has 0 aliphatic rings. The van der Waals surface area contributed by atoms with Crippen molar-refractivity contribution in [3.8, 4) is 11.5 Å². The minimum atomic E-state index is -0.331. The van der Waals surface area contributed by atoms with Crippen LogP contribution in [0, 0.1) is 6.92 Å². The summed E-state index contributed by atoms with van der Waals surface area (Å²) in [5, 5.41) is 4.08. The molecule has 5 heteroatoms. The monoisotopic (exact) mass is 312 g/mol. The number of aryl methyl sites for hydroxylation is 1. The number of para-hydroxylation sites is 2. The molecular formula is C18H20N2O3. The first-order valence-corrected chi connectivity index (χ1v) is 7.26. The molecule has 0 aromatic heterocycles. The molecule has 0 spiro atoms. The summed E-state index contributed by atoms with van der Waals surface area (Å²) in [6, 6.07) is 15.1. The Labute approximate surface area is 135 Å². The second-order valence-corrected chi connectivity index (χ2v) is 5.04. The van der Waals surface area contributed by atoms with Crippen LogP contribution >= 0.6 is 0 Å². The maximum absolute atomic E-state index is 11.8. The fourth-order valence-electron chi connectivity index (χ4n) is 1.92. The topological polar surface area (TPSA) is 59.9 Å². The molecule has 0 aliphatic heterocycles. The summed E-state index contributed by atoms with van der Waals surface area (Å²) in [6.07, 6.45) is 0. The van der Waals surface area contributed by atoms with E-state index in [4.69, 9.17) is 9.47 Å². The fourth-order valence-corrected chi connectivity index (χ4v) is 1.92. The molecule has 0 heterocycles. The standard InChI is InChI=1S/C18H20N2O3/c1-13-8-10-15(11-9-13)14(2)19-20-18(21)12-23-17-7-5-4-6-16(17)22-3/h4-11H,12H2,1-3H3,(H,20,21). The van der Waals surface area contributed by atoms with E-state index in [1.165, 1.54) is 5.56 Å². The van der Waals surface area contributed by atoms with Crippen LogP contribution in [0.5, 0.6) is 11.5 Å². The zero-order valence-electron chi connectivity index (χ0n) is 13.5. The van der Waals surface area contributed by atoms with Gasteiger partial charge in [0.05, 0.1) is 12.8 Å². The lowest BCUT2D eigenvalue weighted by Gasteiger charge is -2.09. The van der Waals surface area contributed by atoms with Crippen LogP contribution in [-0.2, 0) is 4.79 Å². The third-order valence-electron chi connectivity index (χ3n) is 3.25. The van der Waals surface area contributed by atoms with Gasteiger partial charge < -0.3 is 9.47 Å². The number of rotatable bonds is 6. The van der Waals surface area contributed by atoms with Crippen molar-refractivity contribution in [2.24, 2.45) is 5.10 Å². The lowest BCUT2D eigenvalue weighted by atomic mass is 10.1. The van der Waals surface area contributed by atoms with E-state index in [0.29, 0.717) is 11.5 Å². The average molecular weight is 312 g/mol. The Kier molecular flexibility index (Phi) is 5.74. The predicted octanol–water partition coefficient (Wildman–Crippen LogP) is 2.92. The molecule has 0 saturated heterocycles. The van der Waals surface area contributed by atoms with Crippen molar-refractivity contribution in [2.45, 2.75) is 13.8 Å². The predicted molar refractivity (Wildman–Crippen MR) is 90.0 cm³/mol. The van der Waals surface area contributed by atoms with Gasteiger partial charge in [-0.1, -0.05) is 42.0 Å². The van der Waals surface area contributed by atoms with Crippen LogP contribution in [0.25, 0.3) is 0 Å². The van der Waals surface area contributed by atoms with Crippen LogP contribution < -0.4 is 14.9 Å². The Morgan fingerprint density at radius 3 is 2.39 bits per heavy atom. The summed E-state index contributed by atoms with van der Waals surface area (Å²) in [5.41, 5.74) is 5.35. The van der Waals surface area contributed by atoms with E-state index >= 15 is 0 Å². The quantitative estimate of drug-likeness (QED) is 0.659. The molecule has 0 unspecified atom stereocenters. The van der Waals surface area contributed by atoms with Gasteiger partial charge in [-0.3, -0.25) is 4.79 Å². The molecular weight excluding hydrogens is 292 g/mol. The number of nitrogens with zero attached hydrogens (tertiary/aromatic N) is 1. The summed E-state index contributed by atoms with van der Waals surface area (Å²) in [5.74, 6) is 0.770. The van der Waals surface area contributed by atoms with Gasteiger partial charge in [0.1, 0.15) is 0 Å². The lowest BCUT2D eigenvalue weighted by molar-refractivity contribution is -0.123. The number of hydrazone groups is 1. The highest BCUT2D eigenvalue weighted by molar-refractivity contribution is 5.99. The maximum Gasteiger partial charge on any atom is 0.277 e. The van der Waals surface area contributed by atoms with E-state index in [0.717, 1.165) is 11.3 Å². The maximum atomic E-state index is 11.8.